The SMILES string of the molecule is CCC(C)[C@H](C(=O)N1CCC[C@H]1c1ncc(-c2ccc(-c3ccc(-c4cnc([C@@H]5CCCN5C(=O)[C@H](C(C)CC)N(C)C(=O)OC(C)(C)C)[nH]4)cc3)cc2)[nH]1)C(NC(=O)O)C(C)(C)C. The van der Waals surface area contributed by atoms with Crippen LogP contribution in [0.4, 0.5) is 9.59 Å². The Bertz CT molecular complexity index is 2240. The van der Waals surface area contributed by atoms with E-state index in [-0.39, 0.29) is 35.7 Å². The van der Waals surface area contributed by atoms with Gasteiger partial charge >= 0.3 is 12.2 Å². The highest BCUT2D eigenvalue weighted by atomic mass is 16.6. The molecule has 4 heterocycles. The summed E-state index contributed by atoms with van der Waals surface area (Å²) < 4.78 is 5.64. The molecule has 346 valence electrons. The van der Waals surface area contributed by atoms with Crippen molar-refractivity contribution >= 4 is 24.0 Å². The van der Waals surface area contributed by atoms with Gasteiger partial charge in [0, 0.05) is 26.2 Å². The standard InChI is InChI=1S/C50H70N8O6/c1-12-30(3)40(42(49(5,6)7)55-47(61)62)45(59)57-26-14-16-38(57)43-51-28-36(53-43)34-22-18-32(19-23-34)33-20-24-35(25-21-33)37-29-52-44(54-37)39-17-15-27-58(39)46(60)41(31(4)13-2)56(11)48(63)64-50(8,9)10/h18-25,28-31,38-42,55H,12-17,26-27H2,1-11H3,(H,51,53)(H,52,54)(H,61,62)/t30?,31?,38-,39-,40-,41-,42?/m0/s1. The van der Waals surface area contributed by atoms with E-state index in [1.807, 2.05) is 91.4 Å². The van der Waals surface area contributed by atoms with Gasteiger partial charge in [-0.3, -0.25) is 14.5 Å². The molecular weight excluding hydrogens is 809 g/mol. The van der Waals surface area contributed by atoms with Crippen molar-refractivity contribution in [3.63, 3.8) is 0 Å². The van der Waals surface area contributed by atoms with Crippen molar-refractivity contribution in [2.45, 2.75) is 138 Å². The Labute approximate surface area is 379 Å². The highest BCUT2D eigenvalue weighted by molar-refractivity contribution is 5.86. The third-order valence-corrected chi connectivity index (χ3v) is 13.3. The second-order valence-corrected chi connectivity index (χ2v) is 20.0. The molecule has 2 aromatic carbocycles. The molecule has 0 spiro atoms. The molecule has 2 saturated heterocycles. The molecule has 7 atom stereocenters. The number of nitrogens with zero attached hydrogens (tertiary/aromatic N) is 5. The topological polar surface area (TPSA) is 177 Å². The Morgan fingerprint density at radius 2 is 1.19 bits per heavy atom. The minimum atomic E-state index is -1.12. The van der Waals surface area contributed by atoms with E-state index in [4.69, 9.17) is 14.7 Å². The van der Waals surface area contributed by atoms with Gasteiger partial charge in [-0.15, -0.1) is 0 Å². The Morgan fingerprint density at radius 1 is 0.750 bits per heavy atom. The molecule has 64 heavy (non-hydrogen) atoms. The Morgan fingerprint density at radius 3 is 1.59 bits per heavy atom. The van der Waals surface area contributed by atoms with Crippen molar-refractivity contribution in [1.82, 2.24) is 40.0 Å². The van der Waals surface area contributed by atoms with E-state index >= 15 is 0 Å². The number of likely N-dealkylation sites (tertiary alicyclic amines) is 2. The normalized spacial score (nSPS) is 19.2. The maximum absolute atomic E-state index is 14.4. The van der Waals surface area contributed by atoms with Crippen LogP contribution in [0.5, 0.6) is 0 Å². The lowest BCUT2D eigenvalue weighted by Crippen LogP contribution is -2.55. The quantitative estimate of drug-likeness (QED) is 0.0967. The van der Waals surface area contributed by atoms with Crippen LogP contribution < -0.4 is 5.32 Å². The number of H-pyrrole nitrogens is 2. The van der Waals surface area contributed by atoms with Gasteiger partial charge in [0.2, 0.25) is 11.8 Å². The fourth-order valence-electron chi connectivity index (χ4n) is 9.39. The molecule has 0 aliphatic carbocycles. The Hall–Kier alpha value is -5.66. The third-order valence-electron chi connectivity index (χ3n) is 13.3. The molecule has 2 fully saturated rings. The van der Waals surface area contributed by atoms with Gasteiger partial charge in [-0.25, -0.2) is 19.6 Å². The molecule has 3 unspecified atom stereocenters. The number of carbonyl (C=O) groups excluding carboxylic acids is 3. The number of ether oxygens (including phenoxy) is 1. The number of carbonyl (C=O) groups is 4. The summed E-state index contributed by atoms with van der Waals surface area (Å²) in [4.78, 5) is 75.3. The van der Waals surface area contributed by atoms with Crippen molar-refractivity contribution in [1.29, 1.82) is 0 Å². The zero-order valence-electron chi connectivity index (χ0n) is 39.7. The number of nitrogens with one attached hydrogen (secondary N) is 3. The van der Waals surface area contributed by atoms with Crippen LogP contribution in [-0.2, 0) is 14.3 Å². The van der Waals surface area contributed by atoms with Crippen molar-refractivity contribution in [2.24, 2.45) is 23.2 Å². The van der Waals surface area contributed by atoms with Crippen LogP contribution in [-0.4, -0.2) is 102 Å². The Balaban J connectivity index is 1.13. The first-order valence-electron chi connectivity index (χ1n) is 23.1. The molecule has 2 aliphatic rings. The average Bonchev–Trinajstić information content (AvgIpc) is 4.09. The first-order valence-corrected chi connectivity index (χ1v) is 23.1. The van der Waals surface area contributed by atoms with Gasteiger partial charge in [-0.05, 0) is 86.0 Å². The van der Waals surface area contributed by atoms with Crippen molar-refractivity contribution in [3.8, 4) is 33.6 Å². The third kappa shape index (κ3) is 10.6. The predicted molar refractivity (Wildman–Crippen MR) is 249 cm³/mol. The monoisotopic (exact) mass is 879 g/mol. The fourth-order valence-corrected chi connectivity index (χ4v) is 9.39. The van der Waals surface area contributed by atoms with Gasteiger partial charge < -0.3 is 34.9 Å². The second kappa shape index (κ2) is 19.6. The largest absolute Gasteiger partial charge is 0.465 e. The summed E-state index contributed by atoms with van der Waals surface area (Å²) >= 11 is 0. The number of aromatic amines is 2. The number of carboxylic acid groups (broad SMARTS) is 1. The average molecular weight is 879 g/mol. The predicted octanol–water partition coefficient (Wildman–Crippen LogP) is 10.1. The van der Waals surface area contributed by atoms with Crippen LogP contribution in [0.2, 0.25) is 0 Å². The van der Waals surface area contributed by atoms with Gasteiger partial charge in [0.05, 0.1) is 41.8 Å². The van der Waals surface area contributed by atoms with E-state index in [0.717, 1.165) is 83.8 Å². The van der Waals surface area contributed by atoms with Crippen molar-refractivity contribution in [3.05, 3.63) is 72.6 Å². The number of benzene rings is 2. The zero-order chi connectivity index (χ0) is 46.7. The summed E-state index contributed by atoms with van der Waals surface area (Å²) in [6, 6.07) is 15.0. The lowest BCUT2D eigenvalue weighted by atomic mass is 9.72. The molecular formula is C50H70N8O6. The molecule has 4 aromatic rings. The summed E-state index contributed by atoms with van der Waals surface area (Å²) in [5.41, 5.74) is 4.65. The fraction of sp³-hybridized carbons (Fsp3) is 0.560. The van der Waals surface area contributed by atoms with Crippen LogP contribution in [0.1, 0.15) is 131 Å². The molecule has 0 bridgehead atoms. The number of aromatic nitrogens is 4. The van der Waals surface area contributed by atoms with Gasteiger partial charge in [0.15, 0.2) is 0 Å². The van der Waals surface area contributed by atoms with Crippen LogP contribution >= 0.6 is 0 Å². The molecule has 0 radical (unpaired) electrons. The number of hydrogen-bond donors (Lipinski definition) is 4. The van der Waals surface area contributed by atoms with Gasteiger partial charge in [-0.2, -0.15) is 0 Å². The van der Waals surface area contributed by atoms with E-state index in [2.05, 4.69) is 63.8 Å². The highest BCUT2D eigenvalue weighted by Gasteiger charge is 2.45. The first kappa shape index (κ1) is 47.8. The molecule has 14 heteroatoms. The summed E-state index contributed by atoms with van der Waals surface area (Å²) in [6.45, 7) is 20.7. The van der Waals surface area contributed by atoms with E-state index in [9.17, 15) is 24.3 Å². The van der Waals surface area contributed by atoms with E-state index < -0.39 is 41.2 Å². The van der Waals surface area contributed by atoms with Gasteiger partial charge in [-0.1, -0.05) is 110 Å². The smallest absolute Gasteiger partial charge is 0.410 e. The molecule has 4 amide bonds. The summed E-state index contributed by atoms with van der Waals surface area (Å²) in [5, 5.41) is 12.4. The molecule has 2 aromatic heterocycles. The van der Waals surface area contributed by atoms with Crippen LogP contribution in [0, 0.1) is 23.2 Å². The highest BCUT2D eigenvalue weighted by Crippen LogP contribution is 2.39. The number of rotatable bonds is 14. The van der Waals surface area contributed by atoms with Gasteiger partial charge in [0.25, 0.3) is 0 Å². The minimum Gasteiger partial charge on any atom is -0.465 e. The Kier molecular flexibility index (Phi) is 14.6. The number of imidazole rings is 2. The zero-order valence-corrected chi connectivity index (χ0v) is 39.7. The maximum atomic E-state index is 14.4. The number of hydrogen-bond acceptors (Lipinski definition) is 7. The molecule has 14 nitrogen and oxygen atoms in total. The van der Waals surface area contributed by atoms with Gasteiger partial charge in [0.1, 0.15) is 23.3 Å². The summed E-state index contributed by atoms with van der Waals surface area (Å²) in [5.74, 6) is 0.749. The number of amides is 4. The van der Waals surface area contributed by atoms with E-state index in [1.165, 1.54) is 4.90 Å². The number of likely N-dealkylation sites (N-methyl/N-ethyl adjacent to an activating group) is 1. The lowest BCUT2D eigenvalue weighted by Gasteiger charge is -2.41. The van der Waals surface area contributed by atoms with Crippen LogP contribution in [0.3, 0.4) is 0 Å². The van der Waals surface area contributed by atoms with Crippen molar-refractivity contribution < 1.29 is 29.0 Å². The van der Waals surface area contributed by atoms with Crippen LogP contribution in [0.25, 0.3) is 33.6 Å². The molecule has 6 rings (SSSR count). The van der Waals surface area contributed by atoms with Crippen molar-refractivity contribution in [2.75, 3.05) is 20.1 Å². The lowest BCUT2D eigenvalue weighted by molar-refractivity contribution is -0.141. The van der Waals surface area contributed by atoms with Crippen LogP contribution in [0.15, 0.2) is 60.9 Å². The molecule has 0 saturated carbocycles. The maximum Gasteiger partial charge on any atom is 0.410 e. The summed E-state index contributed by atoms with van der Waals surface area (Å²) in [6.07, 6.45) is 6.75. The summed E-state index contributed by atoms with van der Waals surface area (Å²) in [7, 11) is 1.65. The molecule has 2 aliphatic heterocycles. The van der Waals surface area contributed by atoms with E-state index in [1.54, 1.807) is 7.05 Å². The first-order chi connectivity index (χ1) is 30.2. The van der Waals surface area contributed by atoms with E-state index in [0.29, 0.717) is 13.1 Å². The molecule has 4 N–H and O–H groups in total. The second-order valence-electron chi connectivity index (χ2n) is 20.0. The minimum absolute atomic E-state index is 0.0209.